The number of carbonyl (C=O) groups excluding carboxylic acids is 3. The smallest absolute Gasteiger partial charge is 0.165 e. The zero-order valence-electron chi connectivity index (χ0n) is 18.3. The molecular weight excluding hydrogens is 372 g/mol. The van der Waals surface area contributed by atoms with Crippen LogP contribution in [0.2, 0.25) is 0 Å². The predicted octanol–water partition coefficient (Wildman–Crippen LogP) is 6.98. The van der Waals surface area contributed by atoms with Gasteiger partial charge in [-0.3, -0.25) is 14.4 Å². The largest absolute Gasteiger partial charge is 0.294 e. The Morgan fingerprint density at radius 3 is 0.900 bits per heavy atom. The fraction of sp³-hybridized carbons (Fsp3) is 0.667. The molecule has 0 unspecified atom stereocenters. The van der Waals surface area contributed by atoms with Crippen molar-refractivity contribution in [1.29, 1.82) is 0 Å². The van der Waals surface area contributed by atoms with Crippen molar-refractivity contribution >= 4 is 17.3 Å². The van der Waals surface area contributed by atoms with Crippen LogP contribution in [-0.2, 0) is 0 Å². The van der Waals surface area contributed by atoms with Gasteiger partial charge in [-0.2, -0.15) is 0 Å². The molecule has 0 radical (unpaired) electrons. The Balaban J connectivity index is 1.64. The topological polar surface area (TPSA) is 51.2 Å². The highest BCUT2D eigenvalue weighted by Gasteiger charge is 2.29. The fourth-order valence-corrected chi connectivity index (χ4v) is 5.86. The molecule has 0 bridgehead atoms. The van der Waals surface area contributed by atoms with Gasteiger partial charge in [-0.05, 0) is 56.7 Å². The lowest BCUT2D eigenvalue weighted by molar-refractivity contribution is 0.0888. The zero-order valence-corrected chi connectivity index (χ0v) is 18.3. The standard InChI is InChI=1S/C27H36O3/c28-25(19-10-4-1-5-11-19)22-16-23(26(29)20-12-6-2-7-13-20)18-24(17-22)27(30)21-14-8-3-9-15-21/h16-21H,1-15H2. The van der Waals surface area contributed by atoms with Crippen molar-refractivity contribution in [3.8, 4) is 0 Å². The zero-order chi connectivity index (χ0) is 20.9. The molecule has 0 heterocycles. The summed E-state index contributed by atoms with van der Waals surface area (Å²) in [6, 6.07) is 5.43. The Morgan fingerprint density at radius 1 is 0.433 bits per heavy atom. The number of ketones is 3. The maximum Gasteiger partial charge on any atom is 0.165 e. The van der Waals surface area contributed by atoms with Crippen LogP contribution in [-0.4, -0.2) is 17.3 Å². The lowest BCUT2D eigenvalue weighted by Gasteiger charge is -2.24. The molecule has 162 valence electrons. The summed E-state index contributed by atoms with van der Waals surface area (Å²) in [7, 11) is 0. The minimum Gasteiger partial charge on any atom is -0.294 e. The van der Waals surface area contributed by atoms with Gasteiger partial charge in [0.05, 0.1) is 0 Å². The van der Waals surface area contributed by atoms with E-state index in [4.69, 9.17) is 0 Å². The summed E-state index contributed by atoms with van der Waals surface area (Å²) < 4.78 is 0. The summed E-state index contributed by atoms with van der Waals surface area (Å²) in [6.07, 6.45) is 15.8. The molecule has 1 aromatic rings. The summed E-state index contributed by atoms with van der Waals surface area (Å²) in [6.45, 7) is 0. The number of hydrogen-bond donors (Lipinski definition) is 0. The third-order valence-electron chi connectivity index (χ3n) is 7.71. The van der Waals surface area contributed by atoms with E-state index in [1.807, 2.05) is 18.2 Å². The second kappa shape index (κ2) is 10.0. The van der Waals surface area contributed by atoms with Crippen LogP contribution < -0.4 is 0 Å². The lowest BCUT2D eigenvalue weighted by Crippen LogP contribution is -2.23. The molecular formula is C27H36O3. The van der Waals surface area contributed by atoms with E-state index in [2.05, 4.69) is 0 Å². The third-order valence-corrected chi connectivity index (χ3v) is 7.71. The molecule has 3 saturated carbocycles. The van der Waals surface area contributed by atoms with Crippen molar-refractivity contribution in [2.24, 2.45) is 17.8 Å². The number of Topliss-reactive ketones (excluding diaryl/α,β-unsaturated/α-hetero) is 3. The number of carbonyl (C=O) groups is 3. The summed E-state index contributed by atoms with van der Waals surface area (Å²) in [5.74, 6) is 0.589. The van der Waals surface area contributed by atoms with Gasteiger partial charge in [0.15, 0.2) is 17.3 Å². The molecule has 3 aliphatic carbocycles. The monoisotopic (exact) mass is 408 g/mol. The van der Waals surface area contributed by atoms with Crippen LogP contribution in [0.1, 0.15) is 127 Å². The van der Waals surface area contributed by atoms with Gasteiger partial charge >= 0.3 is 0 Å². The van der Waals surface area contributed by atoms with E-state index < -0.39 is 0 Å². The average Bonchev–Trinajstić information content (AvgIpc) is 2.84. The molecule has 0 aromatic heterocycles. The molecule has 30 heavy (non-hydrogen) atoms. The summed E-state index contributed by atoms with van der Waals surface area (Å²) in [5, 5.41) is 0. The van der Waals surface area contributed by atoms with E-state index in [1.54, 1.807) is 0 Å². The van der Waals surface area contributed by atoms with E-state index in [-0.39, 0.29) is 35.1 Å². The maximum atomic E-state index is 13.3. The van der Waals surface area contributed by atoms with Crippen LogP contribution >= 0.6 is 0 Å². The summed E-state index contributed by atoms with van der Waals surface area (Å²) in [4.78, 5) is 39.8. The first-order chi connectivity index (χ1) is 14.6. The highest BCUT2D eigenvalue weighted by Crippen LogP contribution is 2.32. The Kier molecular flexibility index (Phi) is 7.17. The van der Waals surface area contributed by atoms with Gasteiger partial charge in [0.2, 0.25) is 0 Å². The van der Waals surface area contributed by atoms with E-state index in [1.165, 1.54) is 19.3 Å². The van der Waals surface area contributed by atoms with E-state index >= 15 is 0 Å². The first-order valence-corrected chi connectivity index (χ1v) is 12.4. The van der Waals surface area contributed by atoms with Crippen LogP contribution in [0, 0.1) is 17.8 Å². The molecule has 4 rings (SSSR count). The summed E-state index contributed by atoms with van der Waals surface area (Å²) >= 11 is 0. The summed E-state index contributed by atoms with van der Waals surface area (Å²) in [5.41, 5.74) is 1.80. The highest BCUT2D eigenvalue weighted by atomic mass is 16.1. The molecule has 3 fully saturated rings. The molecule has 3 aliphatic rings. The Bertz CT molecular complexity index is 658. The number of benzene rings is 1. The SMILES string of the molecule is O=C(c1cc(C(=O)C2CCCCC2)cc(C(=O)C2CCCCC2)c1)C1CCCCC1. The van der Waals surface area contributed by atoms with Crippen LogP contribution in [0.3, 0.4) is 0 Å². The van der Waals surface area contributed by atoms with Crippen LogP contribution in [0.15, 0.2) is 18.2 Å². The second-order valence-corrected chi connectivity index (χ2v) is 9.90. The fourth-order valence-electron chi connectivity index (χ4n) is 5.86. The first-order valence-electron chi connectivity index (χ1n) is 12.4. The van der Waals surface area contributed by atoms with Gasteiger partial charge in [-0.25, -0.2) is 0 Å². The molecule has 0 N–H and O–H groups in total. The Morgan fingerprint density at radius 2 is 0.667 bits per heavy atom. The second-order valence-electron chi connectivity index (χ2n) is 9.90. The van der Waals surface area contributed by atoms with E-state index in [9.17, 15) is 14.4 Å². The molecule has 0 amide bonds. The minimum absolute atomic E-state index is 0.0522. The lowest BCUT2D eigenvalue weighted by atomic mass is 9.79. The van der Waals surface area contributed by atoms with Gasteiger partial charge in [-0.15, -0.1) is 0 Å². The van der Waals surface area contributed by atoms with Gasteiger partial charge in [0.25, 0.3) is 0 Å². The predicted molar refractivity (Wildman–Crippen MR) is 119 cm³/mol. The molecule has 0 saturated heterocycles. The van der Waals surface area contributed by atoms with Crippen LogP contribution in [0.25, 0.3) is 0 Å². The van der Waals surface area contributed by atoms with Gasteiger partial charge < -0.3 is 0 Å². The van der Waals surface area contributed by atoms with E-state index in [0.717, 1.165) is 77.0 Å². The van der Waals surface area contributed by atoms with Crippen LogP contribution in [0.5, 0.6) is 0 Å². The average molecular weight is 409 g/mol. The normalized spacial score (nSPS) is 22.0. The molecule has 0 spiro atoms. The third kappa shape index (κ3) is 4.92. The van der Waals surface area contributed by atoms with Crippen molar-refractivity contribution in [3.05, 3.63) is 34.9 Å². The number of hydrogen-bond acceptors (Lipinski definition) is 3. The maximum absolute atomic E-state index is 13.3. The van der Waals surface area contributed by atoms with Crippen LogP contribution in [0.4, 0.5) is 0 Å². The van der Waals surface area contributed by atoms with Crippen molar-refractivity contribution < 1.29 is 14.4 Å². The van der Waals surface area contributed by atoms with Crippen molar-refractivity contribution in [1.82, 2.24) is 0 Å². The quantitative estimate of drug-likeness (QED) is 0.477. The van der Waals surface area contributed by atoms with Crippen molar-refractivity contribution in [2.45, 2.75) is 96.3 Å². The first kappa shape index (κ1) is 21.5. The molecule has 1 aromatic carbocycles. The molecule has 0 atom stereocenters. The molecule has 0 aliphatic heterocycles. The van der Waals surface area contributed by atoms with Gasteiger partial charge in [-0.1, -0.05) is 57.8 Å². The van der Waals surface area contributed by atoms with Crippen molar-refractivity contribution in [3.63, 3.8) is 0 Å². The Hall–Kier alpha value is -1.77. The molecule has 3 heteroatoms. The number of rotatable bonds is 6. The van der Waals surface area contributed by atoms with Crippen molar-refractivity contribution in [2.75, 3.05) is 0 Å². The minimum atomic E-state index is 0.0522. The van der Waals surface area contributed by atoms with Gasteiger partial charge in [0.1, 0.15) is 0 Å². The molecule has 3 nitrogen and oxygen atoms in total. The Labute approximate surface area is 181 Å². The van der Waals surface area contributed by atoms with Gasteiger partial charge in [0, 0.05) is 34.4 Å². The highest BCUT2D eigenvalue weighted by molar-refractivity contribution is 6.07. The van der Waals surface area contributed by atoms with E-state index in [0.29, 0.717) is 16.7 Å².